The van der Waals surface area contributed by atoms with Crippen molar-refractivity contribution in [2.45, 2.75) is 12.9 Å². The molecule has 0 saturated carbocycles. The minimum Gasteiger partial charge on any atom is -0.478 e. The molecule has 2 N–H and O–H groups in total. The van der Waals surface area contributed by atoms with E-state index in [2.05, 4.69) is 0 Å². The zero-order chi connectivity index (χ0) is 16.1. The van der Waals surface area contributed by atoms with Crippen molar-refractivity contribution in [1.29, 1.82) is 0 Å². The zero-order valence-corrected chi connectivity index (χ0v) is 11.4. The highest BCUT2D eigenvalue weighted by Gasteiger charge is 2.13. The molecular weight excluding hydrogens is 288 g/mol. The lowest BCUT2D eigenvalue weighted by atomic mass is 10.1. The molecule has 2 aromatic carbocycles. The average Bonchev–Trinajstić information content (AvgIpc) is 2.53. The molecular formula is C16H13O6. The van der Waals surface area contributed by atoms with Crippen LogP contribution < -0.4 is 0 Å². The Morgan fingerprint density at radius 2 is 1.55 bits per heavy atom. The van der Waals surface area contributed by atoms with Crippen LogP contribution in [0, 0.1) is 0 Å². The number of rotatable bonds is 6. The Balaban J connectivity index is 2.05. The fourth-order valence-electron chi connectivity index (χ4n) is 1.88. The molecule has 22 heavy (non-hydrogen) atoms. The molecule has 0 amide bonds. The van der Waals surface area contributed by atoms with Crippen molar-refractivity contribution in [3.63, 3.8) is 0 Å². The highest BCUT2D eigenvalue weighted by molar-refractivity contribution is 5.88. The molecule has 0 spiro atoms. The standard InChI is InChI=1S/C16H13O6/c17-14(18)11-4-1-3-10(7-11)9-22-16(21)13-6-2-5-12(8-13)15(19)20/h1-8,16H,9H2,(H,17,18)(H,19,20). The summed E-state index contributed by atoms with van der Waals surface area (Å²) in [6.45, 7) is -0.0629. The van der Waals surface area contributed by atoms with Crippen LogP contribution in [-0.2, 0) is 16.5 Å². The van der Waals surface area contributed by atoms with Crippen LogP contribution in [-0.4, -0.2) is 22.2 Å². The highest BCUT2D eigenvalue weighted by Crippen LogP contribution is 2.19. The topological polar surface area (TPSA) is 104 Å². The number of aromatic carboxylic acids is 2. The molecule has 1 radical (unpaired) electrons. The molecule has 0 saturated heterocycles. The number of hydrogen-bond acceptors (Lipinski definition) is 3. The van der Waals surface area contributed by atoms with Gasteiger partial charge in [0.05, 0.1) is 17.7 Å². The van der Waals surface area contributed by atoms with Gasteiger partial charge in [0.15, 0.2) is 0 Å². The maximum atomic E-state index is 12.0. The van der Waals surface area contributed by atoms with Crippen LogP contribution in [0.3, 0.4) is 0 Å². The Morgan fingerprint density at radius 3 is 2.18 bits per heavy atom. The van der Waals surface area contributed by atoms with Gasteiger partial charge in [0, 0.05) is 5.56 Å². The van der Waals surface area contributed by atoms with Gasteiger partial charge in [-0.25, -0.2) is 9.59 Å². The first-order chi connectivity index (χ1) is 10.5. The van der Waals surface area contributed by atoms with Gasteiger partial charge in [0.2, 0.25) is 6.29 Å². The maximum absolute atomic E-state index is 12.0. The summed E-state index contributed by atoms with van der Waals surface area (Å²) >= 11 is 0. The van der Waals surface area contributed by atoms with Crippen LogP contribution in [0.2, 0.25) is 0 Å². The van der Waals surface area contributed by atoms with E-state index in [1.165, 1.54) is 36.4 Å². The van der Waals surface area contributed by atoms with Gasteiger partial charge in [-0.15, -0.1) is 0 Å². The van der Waals surface area contributed by atoms with Crippen molar-refractivity contribution in [1.82, 2.24) is 0 Å². The van der Waals surface area contributed by atoms with Crippen LogP contribution in [0.15, 0.2) is 48.5 Å². The third-order valence-corrected chi connectivity index (χ3v) is 2.98. The van der Waals surface area contributed by atoms with Crippen molar-refractivity contribution in [2.75, 3.05) is 0 Å². The van der Waals surface area contributed by atoms with E-state index in [9.17, 15) is 14.7 Å². The number of benzene rings is 2. The lowest BCUT2D eigenvalue weighted by Crippen LogP contribution is -2.05. The molecule has 6 heteroatoms. The Kier molecular flexibility index (Phi) is 4.88. The van der Waals surface area contributed by atoms with Gasteiger partial charge in [-0.05, 0) is 29.8 Å². The fourth-order valence-corrected chi connectivity index (χ4v) is 1.88. The van der Waals surface area contributed by atoms with Crippen molar-refractivity contribution in [2.24, 2.45) is 0 Å². The van der Waals surface area contributed by atoms with Gasteiger partial charge < -0.3 is 14.9 Å². The summed E-state index contributed by atoms with van der Waals surface area (Å²) in [5, 5.41) is 29.7. The van der Waals surface area contributed by atoms with Crippen LogP contribution >= 0.6 is 0 Å². The first-order valence-electron chi connectivity index (χ1n) is 6.40. The quantitative estimate of drug-likeness (QED) is 0.798. The van der Waals surface area contributed by atoms with Crippen LogP contribution in [0.4, 0.5) is 0 Å². The fraction of sp³-hybridized carbons (Fsp3) is 0.125. The van der Waals surface area contributed by atoms with Gasteiger partial charge in [-0.3, -0.25) is 0 Å². The van der Waals surface area contributed by atoms with Gasteiger partial charge in [0.1, 0.15) is 0 Å². The van der Waals surface area contributed by atoms with E-state index in [0.29, 0.717) is 5.56 Å². The van der Waals surface area contributed by atoms with E-state index in [0.717, 1.165) is 0 Å². The summed E-state index contributed by atoms with van der Waals surface area (Å²) in [7, 11) is 0. The second kappa shape index (κ2) is 6.84. The average molecular weight is 301 g/mol. The van der Waals surface area contributed by atoms with Crippen molar-refractivity contribution < 1.29 is 29.6 Å². The van der Waals surface area contributed by atoms with Gasteiger partial charge in [-0.2, -0.15) is 5.11 Å². The molecule has 0 fully saturated rings. The second-order valence-corrected chi connectivity index (χ2v) is 4.58. The van der Waals surface area contributed by atoms with E-state index in [4.69, 9.17) is 14.9 Å². The molecule has 2 rings (SSSR count). The van der Waals surface area contributed by atoms with Crippen LogP contribution in [0.5, 0.6) is 0 Å². The number of ether oxygens (including phenoxy) is 1. The Labute approximate surface area is 126 Å². The largest absolute Gasteiger partial charge is 0.478 e. The zero-order valence-electron chi connectivity index (χ0n) is 11.4. The summed E-state index contributed by atoms with van der Waals surface area (Å²) in [5.74, 6) is -2.18. The summed E-state index contributed by atoms with van der Waals surface area (Å²) in [5.41, 5.74) is 0.871. The van der Waals surface area contributed by atoms with E-state index in [1.54, 1.807) is 12.1 Å². The molecule has 113 valence electrons. The van der Waals surface area contributed by atoms with Crippen LogP contribution in [0.1, 0.15) is 38.1 Å². The van der Waals surface area contributed by atoms with Crippen molar-refractivity contribution in [3.8, 4) is 0 Å². The molecule has 0 aliphatic carbocycles. The summed E-state index contributed by atoms with van der Waals surface area (Å²) in [6, 6.07) is 11.7. The molecule has 0 heterocycles. The van der Waals surface area contributed by atoms with Crippen molar-refractivity contribution >= 4 is 11.9 Å². The summed E-state index contributed by atoms with van der Waals surface area (Å²) in [4.78, 5) is 21.7. The van der Waals surface area contributed by atoms with Crippen molar-refractivity contribution in [3.05, 3.63) is 70.8 Å². The lowest BCUT2D eigenvalue weighted by Gasteiger charge is -2.11. The second-order valence-electron chi connectivity index (χ2n) is 4.58. The van der Waals surface area contributed by atoms with E-state index >= 15 is 0 Å². The minimum atomic E-state index is -1.55. The highest BCUT2D eigenvalue weighted by atomic mass is 16.6. The lowest BCUT2D eigenvalue weighted by molar-refractivity contribution is -0.152. The molecule has 0 aromatic heterocycles. The van der Waals surface area contributed by atoms with Gasteiger partial charge >= 0.3 is 11.9 Å². The monoisotopic (exact) mass is 301 g/mol. The summed E-state index contributed by atoms with van der Waals surface area (Å²) in [6.07, 6.45) is -1.55. The number of carboxylic acids is 2. The SMILES string of the molecule is [O]C(OCc1cccc(C(=O)O)c1)c1cccc(C(=O)O)c1. The Bertz CT molecular complexity index is 695. The predicted octanol–water partition coefficient (Wildman–Crippen LogP) is 2.73. The predicted molar refractivity (Wildman–Crippen MR) is 75.0 cm³/mol. The van der Waals surface area contributed by atoms with E-state index in [-0.39, 0.29) is 23.3 Å². The minimum absolute atomic E-state index is 0.00910. The molecule has 0 bridgehead atoms. The first-order valence-corrected chi connectivity index (χ1v) is 6.40. The summed E-state index contributed by atoms with van der Waals surface area (Å²) < 4.78 is 5.14. The first kappa shape index (κ1) is 15.7. The molecule has 0 aliphatic heterocycles. The number of carbonyl (C=O) groups is 2. The Hall–Kier alpha value is -2.70. The maximum Gasteiger partial charge on any atom is 0.335 e. The molecule has 2 aromatic rings. The Morgan fingerprint density at radius 1 is 0.955 bits per heavy atom. The molecule has 0 aliphatic rings. The molecule has 1 atom stereocenters. The van der Waals surface area contributed by atoms with E-state index < -0.39 is 18.2 Å². The normalized spacial score (nSPS) is 11.9. The number of hydrogen-bond donors (Lipinski definition) is 2. The molecule has 1 unspecified atom stereocenters. The van der Waals surface area contributed by atoms with E-state index in [1.807, 2.05) is 0 Å². The third kappa shape index (κ3) is 3.91. The third-order valence-electron chi connectivity index (χ3n) is 2.98. The van der Waals surface area contributed by atoms with Crippen LogP contribution in [0.25, 0.3) is 0 Å². The number of carboxylic acid groups (broad SMARTS) is 2. The smallest absolute Gasteiger partial charge is 0.335 e. The van der Waals surface area contributed by atoms with Gasteiger partial charge in [-0.1, -0.05) is 24.3 Å². The molecule has 6 nitrogen and oxygen atoms in total. The van der Waals surface area contributed by atoms with Gasteiger partial charge in [0.25, 0.3) is 0 Å².